The summed E-state index contributed by atoms with van der Waals surface area (Å²) in [6, 6.07) is 20.8. The van der Waals surface area contributed by atoms with Gasteiger partial charge in [-0.2, -0.15) is 5.10 Å². The molecular formula is C30H34N4O2. The summed E-state index contributed by atoms with van der Waals surface area (Å²) in [5, 5.41) is 11.6. The lowest BCUT2D eigenvalue weighted by Gasteiger charge is -2.38. The van der Waals surface area contributed by atoms with E-state index in [0.29, 0.717) is 5.56 Å². The van der Waals surface area contributed by atoms with Crippen LogP contribution in [-0.2, 0) is 11.1 Å². The number of carbonyl (C=O) groups excluding carboxylic acids is 1. The lowest BCUT2D eigenvalue weighted by molar-refractivity contribution is 0.0890. The number of rotatable bonds is 7. The van der Waals surface area contributed by atoms with E-state index in [9.17, 15) is 4.79 Å². The van der Waals surface area contributed by atoms with Crippen molar-refractivity contribution in [2.75, 3.05) is 5.32 Å². The van der Waals surface area contributed by atoms with Crippen LogP contribution in [0.4, 0.5) is 5.82 Å². The maximum absolute atomic E-state index is 13.8. The van der Waals surface area contributed by atoms with Gasteiger partial charge < -0.3 is 15.1 Å². The first-order chi connectivity index (χ1) is 17.4. The van der Waals surface area contributed by atoms with Gasteiger partial charge in [-0.3, -0.25) is 4.79 Å². The molecule has 4 aromatic rings. The molecule has 36 heavy (non-hydrogen) atoms. The third-order valence-electron chi connectivity index (χ3n) is 7.66. The highest BCUT2D eigenvalue weighted by Gasteiger charge is 2.38. The minimum absolute atomic E-state index is 0.106. The highest BCUT2D eigenvalue weighted by Crippen LogP contribution is 2.40. The zero-order chi connectivity index (χ0) is 25.3. The molecule has 186 valence electrons. The average molecular weight is 483 g/mol. The predicted molar refractivity (Wildman–Crippen MR) is 143 cm³/mol. The molecule has 1 unspecified atom stereocenters. The molecule has 0 saturated carbocycles. The van der Waals surface area contributed by atoms with Crippen molar-refractivity contribution in [3.63, 3.8) is 0 Å². The van der Waals surface area contributed by atoms with E-state index in [1.807, 2.05) is 16.8 Å². The van der Waals surface area contributed by atoms with E-state index in [1.165, 1.54) is 5.56 Å². The maximum Gasteiger partial charge on any atom is 0.257 e. The molecule has 0 spiro atoms. The first-order valence-corrected chi connectivity index (χ1v) is 12.7. The molecule has 0 fully saturated rings. The highest BCUT2D eigenvalue weighted by atomic mass is 16.3. The molecule has 0 aliphatic carbocycles. The third kappa shape index (κ3) is 4.21. The molecular weight excluding hydrogens is 448 g/mol. The second kappa shape index (κ2) is 9.34. The van der Waals surface area contributed by atoms with Gasteiger partial charge in [0.15, 0.2) is 0 Å². The fourth-order valence-electron chi connectivity index (χ4n) is 5.40. The molecule has 1 amide bonds. The number of hydrogen-bond acceptors (Lipinski definition) is 4. The molecule has 5 rings (SSSR count). The molecule has 1 aliphatic rings. The van der Waals surface area contributed by atoms with E-state index in [0.717, 1.165) is 41.8 Å². The summed E-state index contributed by atoms with van der Waals surface area (Å²) in [6.45, 7) is 8.58. The molecule has 0 radical (unpaired) electrons. The van der Waals surface area contributed by atoms with Crippen LogP contribution in [0.3, 0.4) is 0 Å². The monoisotopic (exact) mass is 482 g/mol. The Hall–Kier alpha value is -3.80. The van der Waals surface area contributed by atoms with Crippen LogP contribution in [0, 0.1) is 0 Å². The summed E-state index contributed by atoms with van der Waals surface area (Å²) >= 11 is 0. The summed E-state index contributed by atoms with van der Waals surface area (Å²) in [5.41, 5.74) is 4.29. The number of aromatic nitrogens is 2. The van der Waals surface area contributed by atoms with Gasteiger partial charge in [-0.1, -0.05) is 68.4 Å². The van der Waals surface area contributed by atoms with Gasteiger partial charge in [0.2, 0.25) is 0 Å². The van der Waals surface area contributed by atoms with E-state index in [2.05, 4.69) is 92.0 Å². The molecule has 0 saturated heterocycles. The molecule has 2 aromatic carbocycles. The SMILES string of the molecule is CCC(CC)(NC(=O)c1cnn2c1NC(c1ccccc1)CC2(C)C)c1ccc(-c2ccoc2)cc1. The van der Waals surface area contributed by atoms with Crippen LogP contribution in [0.15, 0.2) is 83.8 Å². The normalized spacial score (nSPS) is 16.7. The van der Waals surface area contributed by atoms with Crippen LogP contribution in [-0.4, -0.2) is 15.7 Å². The van der Waals surface area contributed by atoms with Crippen LogP contribution < -0.4 is 10.6 Å². The second-order valence-corrected chi connectivity index (χ2v) is 10.3. The summed E-state index contributed by atoms with van der Waals surface area (Å²) in [6.07, 6.45) is 7.54. The van der Waals surface area contributed by atoms with Gasteiger partial charge in [0.05, 0.1) is 35.8 Å². The summed E-state index contributed by atoms with van der Waals surface area (Å²) in [4.78, 5) is 13.8. The Morgan fingerprint density at radius 3 is 2.44 bits per heavy atom. The lowest BCUT2D eigenvalue weighted by Crippen LogP contribution is -2.45. The fourth-order valence-corrected chi connectivity index (χ4v) is 5.40. The second-order valence-electron chi connectivity index (χ2n) is 10.3. The number of hydrogen-bond donors (Lipinski definition) is 2. The van der Waals surface area contributed by atoms with Crippen molar-refractivity contribution >= 4 is 11.7 Å². The van der Waals surface area contributed by atoms with E-state index < -0.39 is 5.54 Å². The largest absolute Gasteiger partial charge is 0.472 e. The Balaban J connectivity index is 1.44. The zero-order valence-corrected chi connectivity index (χ0v) is 21.4. The third-order valence-corrected chi connectivity index (χ3v) is 7.66. The van der Waals surface area contributed by atoms with E-state index in [-0.39, 0.29) is 17.5 Å². The standard InChI is InChI=1S/C30H34N4O2/c1-5-30(6-2,24-14-12-21(13-15-24)23-16-17-36-20-23)33-28(35)25-19-31-34-27(25)32-26(18-29(34,3)4)22-10-8-7-9-11-22/h7-17,19-20,26,32H,5-6,18H2,1-4H3,(H,33,35). The minimum Gasteiger partial charge on any atom is -0.472 e. The first-order valence-electron chi connectivity index (χ1n) is 12.7. The Morgan fingerprint density at radius 1 is 1.08 bits per heavy atom. The van der Waals surface area contributed by atoms with Gasteiger partial charge in [0, 0.05) is 5.56 Å². The first kappa shape index (κ1) is 23.9. The quantitative estimate of drug-likeness (QED) is 0.301. The molecule has 2 aromatic heterocycles. The molecule has 6 nitrogen and oxygen atoms in total. The van der Waals surface area contributed by atoms with Crippen molar-refractivity contribution in [2.45, 2.75) is 64.1 Å². The number of benzene rings is 2. The van der Waals surface area contributed by atoms with Crippen LogP contribution in [0.2, 0.25) is 0 Å². The summed E-state index contributed by atoms with van der Waals surface area (Å²) in [5.74, 6) is 0.657. The maximum atomic E-state index is 13.8. The van der Waals surface area contributed by atoms with Gasteiger partial charge in [-0.05, 0) is 55.9 Å². The van der Waals surface area contributed by atoms with Crippen molar-refractivity contribution in [1.29, 1.82) is 0 Å². The number of furan rings is 1. The molecule has 0 bridgehead atoms. The van der Waals surface area contributed by atoms with Crippen LogP contribution in [0.5, 0.6) is 0 Å². The van der Waals surface area contributed by atoms with Crippen molar-refractivity contribution in [3.8, 4) is 11.1 Å². The zero-order valence-electron chi connectivity index (χ0n) is 21.4. The topological polar surface area (TPSA) is 72.1 Å². The van der Waals surface area contributed by atoms with Crippen LogP contribution in [0.1, 0.15) is 74.5 Å². The van der Waals surface area contributed by atoms with Crippen molar-refractivity contribution in [3.05, 3.63) is 96.1 Å². The smallest absolute Gasteiger partial charge is 0.257 e. The van der Waals surface area contributed by atoms with E-state index >= 15 is 0 Å². The Labute approximate surface area is 212 Å². The minimum atomic E-state index is -0.482. The molecule has 1 atom stereocenters. The number of fused-ring (bicyclic) bond motifs is 1. The van der Waals surface area contributed by atoms with Gasteiger partial charge in [-0.15, -0.1) is 0 Å². The van der Waals surface area contributed by atoms with Crippen LogP contribution >= 0.6 is 0 Å². The van der Waals surface area contributed by atoms with E-state index in [1.54, 1.807) is 18.7 Å². The lowest BCUT2D eigenvalue weighted by atomic mass is 9.83. The van der Waals surface area contributed by atoms with Crippen LogP contribution in [0.25, 0.3) is 11.1 Å². The van der Waals surface area contributed by atoms with Gasteiger partial charge >= 0.3 is 0 Å². The number of nitrogens with one attached hydrogen (secondary N) is 2. The number of amides is 1. The van der Waals surface area contributed by atoms with Gasteiger partial charge in [-0.25, -0.2) is 4.68 Å². The van der Waals surface area contributed by atoms with Gasteiger partial charge in [0.1, 0.15) is 11.4 Å². The number of nitrogens with zero attached hydrogens (tertiary/aromatic N) is 2. The van der Waals surface area contributed by atoms with Gasteiger partial charge in [0.25, 0.3) is 5.91 Å². The molecule has 6 heteroatoms. The van der Waals surface area contributed by atoms with Crippen molar-refractivity contribution in [1.82, 2.24) is 15.1 Å². The molecule has 1 aliphatic heterocycles. The fraction of sp³-hybridized carbons (Fsp3) is 0.333. The summed E-state index contributed by atoms with van der Waals surface area (Å²) < 4.78 is 7.19. The average Bonchev–Trinajstić information content (AvgIpc) is 3.59. The predicted octanol–water partition coefficient (Wildman–Crippen LogP) is 6.88. The van der Waals surface area contributed by atoms with Crippen molar-refractivity contribution < 1.29 is 9.21 Å². The Morgan fingerprint density at radius 2 is 1.81 bits per heavy atom. The Bertz CT molecular complexity index is 1320. The number of carbonyl (C=O) groups is 1. The Kier molecular flexibility index (Phi) is 6.20. The highest BCUT2D eigenvalue weighted by molar-refractivity contribution is 5.99. The summed E-state index contributed by atoms with van der Waals surface area (Å²) in [7, 11) is 0. The van der Waals surface area contributed by atoms with Crippen molar-refractivity contribution in [2.24, 2.45) is 0 Å². The molecule has 3 heterocycles. The number of anilines is 1. The molecule has 2 N–H and O–H groups in total. The van der Waals surface area contributed by atoms with E-state index in [4.69, 9.17) is 4.42 Å².